The standard InChI is InChI=1S/C17H22N2O2/c1-3-18-17-6-4-5-15(19-17)13-21-16-9-7-14(8-10-16)11-12-20-2/h4-10H,3,11-13H2,1-2H3,(H,18,19). The summed E-state index contributed by atoms with van der Waals surface area (Å²) in [6.45, 7) is 4.12. The van der Waals surface area contributed by atoms with Crippen LogP contribution in [0.5, 0.6) is 5.75 Å². The first-order valence-electron chi connectivity index (χ1n) is 7.22. The first-order valence-corrected chi connectivity index (χ1v) is 7.22. The number of aromatic nitrogens is 1. The molecule has 4 heteroatoms. The van der Waals surface area contributed by atoms with Crippen molar-refractivity contribution < 1.29 is 9.47 Å². The number of methoxy groups -OCH3 is 1. The van der Waals surface area contributed by atoms with Crippen LogP contribution in [-0.2, 0) is 17.8 Å². The van der Waals surface area contributed by atoms with Crippen LogP contribution < -0.4 is 10.1 Å². The molecule has 1 heterocycles. The van der Waals surface area contributed by atoms with E-state index in [1.54, 1.807) is 7.11 Å². The van der Waals surface area contributed by atoms with Crippen LogP contribution >= 0.6 is 0 Å². The Morgan fingerprint density at radius 1 is 1.10 bits per heavy atom. The van der Waals surface area contributed by atoms with E-state index >= 15 is 0 Å². The predicted molar refractivity (Wildman–Crippen MR) is 84.8 cm³/mol. The maximum atomic E-state index is 5.76. The van der Waals surface area contributed by atoms with Crippen molar-refractivity contribution in [2.24, 2.45) is 0 Å². The summed E-state index contributed by atoms with van der Waals surface area (Å²) < 4.78 is 10.8. The molecule has 0 fully saturated rings. The Balaban J connectivity index is 1.88. The van der Waals surface area contributed by atoms with E-state index in [9.17, 15) is 0 Å². The zero-order valence-electron chi connectivity index (χ0n) is 12.6. The lowest BCUT2D eigenvalue weighted by atomic mass is 10.1. The minimum atomic E-state index is 0.469. The van der Waals surface area contributed by atoms with Gasteiger partial charge in [-0.3, -0.25) is 0 Å². The lowest BCUT2D eigenvalue weighted by molar-refractivity contribution is 0.202. The highest BCUT2D eigenvalue weighted by atomic mass is 16.5. The molecule has 0 spiro atoms. The second-order valence-corrected chi connectivity index (χ2v) is 4.72. The second kappa shape index (κ2) is 8.27. The van der Waals surface area contributed by atoms with Crippen LogP contribution in [0.2, 0.25) is 0 Å². The fourth-order valence-electron chi connectivity index (χ4n) is 1.97. The minimum absolute atomic E-state index is 0.469. The first-order chi connectivity index (χ1) is 10.3. The molecule has 4 nitrogen and oxygen atoms in total. The molecular formula is C17H22N2O2. The Bertz CT molecular complexity index is 541. The SMILES string of the molecule is CCNc1cccc(COc2ccc(CCOC)cc2)n1. The molecule has 0 radical (unpaired) electrons. The van der Waals surface area contributed by atoms with Gasteiger partial charge < -0.3 is 14.8 Å². The van der Waals surface area contributed by atoms with Gasteiger partial charge in [0.25, 0.3) is 0 Å². The van der Waals surface area contributed by atoms with Gasteiger partial charge in [-0.15, -0.1) is 0 Å². The third-order valence-electron chi connectivity index (χ3n) is 3.07. The van der Waals surface area contributed by atoms with Crippen molar-refractivity contribution in [1.82, 2.24) is 4.98 Å². The summed E-state index contributed by atoms with van der Waals surface area (Å²) in [7, 11) is 1.71. The van der Waals surface area contributed by atoms with E-state index in [-0.39, 0.29) is 0 Å². The number of anilines is 1. The van der Waals surface area contributed by atoms with Crippen molar-refractivity contribution in [2.75, 3.05) is 25.6 Å². The number of ether oxygens (including phenoxy) is 2. The van der Waals surface area contributed by atoms with Gasteiger partial charge in [0.15, 0.2) is 0 Å². The monoisotopic (exact) mass is 286 g/mol. The van der Waals surface area contributed by atoms with Crippen LogP contribution in [0.3, 0.4) is 0 Å². The van der Waals surface area contributed by atoms with Crippen molar-refractivity contribution in [3.05, 3.63) is 53.7 Å². The number of rotatable bonds is 8. The summed E-state index contributed by atoms with van der Waals surface area (Å²) in [5.41, 5.74) is 2.16. The molecule has 1 aromatic heterocycles. The molecule has 21 heavy (non-hydrogen) atoms. The van der Waals surface area contributed by atoms with Gasteiger partial charge in [-0.05, 0) is 43.2 Å². The summed E-state index contributed by atoms with van der Waals surface area (Å²) in [6.07, 6.45) is 0.920. The van der Waals surface area contributed by atoms with E-state index in [0.29, 0.717) is 6.61 Å². The molecule has 0 saturated carbocycles. The number of hydrogen-bond acceptors (Lipinski definition) is 4. The zero-order valence-corrected chi connectivity index (χ0v) is 12.6. The molecule has 0 unspecified atom stereocenters. The Kier molecular flexibility index (Phi) is 6.03. The van der Waals surface area contributed by atoms with Crippen molar-refractivity contribution in [3.63, 3.8) is 0 Å². The summed E-state index contributed by atoms with van der Waals surface area (Å²) in [6, 6.07) is 14.0. The summed E-state index contributed by atoms with van der Waals surface area (Å²) >= 11 is 0. The van der Waals surface area contributed by atoms with Gasteiger partial charge in [0.1, 0.15) is 18.2 Å². The third kappa shape index (κ3) is 5.08. The average Bonchev–Trinajstić information content (AvgIpc) is 2.53. The van der Waals surface area contributed by atoms with Crippen LogP contribution in [0, 0.1) is 0 Å². The van der Waals surface area contributed by atoms with Crippen molar-refractivity contribution in [3.8, 4) is 5.75 Å². The highest BCUT2D eigenvalue weighted by molar-refractivity contribution is 5.35. The molecule has 0 aliphatic rings. The van der Waals surface area contributed by atoms with E-state index in [0.717, 1.165) is 36.8 Å². The lowest BCUT2D eigenvalue weighted by Gasteiger charge is -2.08. The topological polar surface area (TPSA) is 43.4 Å². The van der Waals surface area contributed by atoms with E-state index in [1.165, 1.54) is 5.56 Å². The lowest BCUT2D eigenvalue weighted by Crippen LogP contribution is -2.03. The summed E-state index contributed by atoms with van der Waals surface area (Å²) in [4.78, 5) is 4.48. The molecule has 1 N–H and O–H groups in total. The van der Waals surface area contributed by atoms with Gasteiger partial charge in [0.2, 0.25) is 0 Å². The third-order valence-corrected chi connectivity index (χ3v) is 3.07. The zero-order chi connectivity index (χ0) is 14.9. The van der Waals surface area contributed by atoms with Crippen LogP contribution in [0.15, 0.2) is 42.5 Å². The van der Waals surface area contributed by atoms with Gasteiger partial charge >= 0.3 is 0 Å². The van der Waals surface area contributed by atoms with Crippen LogP contribution in [-0.4, -0.2) is 25.2 Å². The predicted octanol–water partition coefficient (Wildman–Crippen LogP) is 3.28. The molecule has 2 aromatic rings. The molecule has 0 aliphatic carbocycles. The quantitative estimate of drug-likeness (QED) is 0.808. The maximum Gasteiger partial charge on any atom is 0.130 e. The molecular weight excluding hydrogens is 264 g/mol. The minimum Gasteiger partial charge on any atom is -0.487 e. The van der Waals surface area contributed by atoms with Crippen LogP contribution in [0.1, 0.15) is 18.2 Å². The van der Waals surface area contributed by atoms with Crippen molar-refractivity contribution in [1.29, 1.82) is 0 Å². The maximum absolute atomic E-state index is 5.76. The van der Waals surface area contributed by atoms with Crippen LogP contribution in [0.4, 0.5) is 5.82 Å². The molecule has 0 aliphatic heterocycles. The average molecular weight is 286 g/mol. The van der Waals surface area contributed by atoms with Crippen LogP contribution in [0.25, 0.3) is 0 Å². The number of pyridine rings is 1. The molecule has 2 rings (SSSR count). The van der Waals surface area contributed by atoms with Gasteiger partial charge in [0, 0.05) is 13.7 Å². The van der Waals surface area contributed by atoms with Gasteiger partial charge in [-0.2, -0.15) is 0 Å². The van der Waals surface area contributed by atoms with E-state index in [1.807, 2.05) is 30.3 Å². The number of hydrogen-bond donors (Lipinski definition) is 1. The molecule has 0 bridgehead atoms. The number of nitrogens with one attached hydrogen (secondary N) is 1. The van der Waals surface area contributed by atoms with E-state index in [4.69, 9.17) is 9.47 Å². The highest BCUT2D eigenvalue weighted by Gasteiger charge is 2.00. The van der Waals surface area contributed by atoms with Gasteiger partial charge in [-0.25, -0.2) is 4.98 Å². The molecule has 1 aromatic carbocycles. The Hall–Kier alpha value is -2.07. The van der Waals surface area contributed by atoms with E-state index in [2.05, 4.69) is 29.4 Å². The van der Waals surface area contributed by atoms with E-state index < -0.39 is 0 Å². The first kappa shape index (κ1) is 15.3. The summed E-state index contributed by atoms with van der Waals surface area (Å²) in [5.74, 6) is 1.74. The van der Waals surface area contributed by atoms with Gasteiger partial charge in [0.05, 0.1) is 12.3 Å². The highest BCUT2D eigenvalue weighted by Crippen LogP contribution is 2.15. The number of benzene rings is 1. The van der Waals surface area contributed by atoms with Gasteiger partial charge in [-0.1, -0.05) is 18.2 Å². The normalized spacial score (nSPS) is 10.4. The smallest absolute Gasteiger partial charge is 0.130 e. The summed E-state index contributed by atoms with van der Waals surface area (Å²) in [5, 5.41) is 3.19. The van der Waals surface area contributed by atoms with Crippen molar-refractivity contribution >= 4 is 5.82 Å². The second-order valence-electron chi connectivity index (χ2n) is 4.72. The molecule has 112 valence electrons. The Morgan fingerprint density at radius 2 is 1.90 bits per heavy atom. The molecule has 0 saturated heterocycles. The largest absolute Gasteiger partial charge is 0.487 e. The van der Waals surface area contributed by atoms with Crippen molar-refractivity contribution in [2.45, 2.75) is 20.0 Å². The Labute approximate surface area is 126 Å². The number of nitrogens with zero attached hydrogens (tertiary/aromatic N) is 1. The molecule has 0 amide bonds. The molecule has 0 atom stereocenters. The fourth-order valence-corrected chi connectivity index (χ4v) is 1.97. The Morgan fingerprint density at radius 3 is 2.62 bits per heavy atom. The fraction of sp³-hybridized carbons (Fsp3) is 0.353.